The molecule has 1 heterocycles. The van der Waals surface area contributed by atoms with Gasteiger partial charge in [-0.05, 0) is 0 Å². The van der Waals surface area contributed by atoms with Gasteiger partial charge in [-0.25, -0.2) is 0 Å². The van der Waals surface area contributed by atoms with Gasteiger partial charge in [-0.2, -0.15) is 0 Å². The molecule has 0 fully saturated rings. The van der Waals surface area contributed by atoms with Crippen molar-refractivity contribution in [1.82, 2.24) is 0 Å². The standard InChI is InChI=1S/C26H26O3Si.Cr/c1-26(2,3)30(23-11-7-5-8-12-23,24-13-9-6-10-14-24)29-21-16-15-20-17-22(19-27-4)28-25(20)18-21;/h5-18H,1-4H3;. The van der Waals surface area contributed by atoms with E-state index >= 15 is 0 Å². The summed E-state index contributed by atoms with van der Waals surface area (Å²) in [7, 11) is -1.06. The van der Waals surface area contributed by atoms with E-state index in [0.717, 1.165) is 16.7 Å². The number of hydrogen-bond donors (Lipinski definition) is 0. The van der Waals surface area contributed by atoms with Crippen LogP contribution in [-0.4, -0.2) is 20.0 Å². The molecule has 0 spiro atoms. The van der Waals surface area contributed by atoms with Crippen LogP contribution in [0.1, 0.15) is 26.5 Å². The number of hydrogen-bond acceptors (Lipinski definition) is 3. The summed E-state index contributed by atoms with van der Waals surface area (Å²) < 4.78 is 19.0. The van der Waals surface area contributed by atoms with Gasteiger partial charge in [0.15, 0.2) is 0 Å². The van der Waals surface area contributed by atoms with Crippen LogP contribution in [0.5, 0.6) is 5.75 Å². The molecule has 0 aliphatic heterocycles. The second-order valence-corrected chi connectivity index (χ2v) is 13.4. The van der Waals surface area contributed by atoms with Gasteiger partial charge in [0, 0.05) is 0 Å². The van der Waals surface area contributed by atoms with E-state index in [9.17, 15) is 0 Å². The fourth-order valence-corrected chi connectivity index (χ4v) is 8.67. The third-order valence-corrected chi connectivity index (χ3v) is 11.1. The first-order valence-electron chi connectivity index (χ1n) is 10.3. The Morgan fingerprint density at radius 3 is 1.94 bits per heavy atom. The average molecular weight is 467 g/mol. The fourth-order valence-electron chi connectivity index (χ4n) is 4.10. The van der Waals surface area contributed by atoms with Gasteiger partial charge in [-0.15, -0.1) is 0 Å². The molecule has 4 rings (SSSR count). The summed E-state index contributed by atoms with van der Waals surface area (Å²) >= 11 is 2.90. The van der Waals surface area contributed by atoms with Crippen molar-refractivity contribution in [2.45, 2.75) is 25.8 Å². The zero-order valence-electron chi connectivity index (χ0n) is 18.2. The first kappa shape index (κ1) is 21.8. The molecule has 0 amide bonds. The summed E-state index contributed by atoms with van der Waals surface area (Å²) in [5, 5.41) is 3.39. The molecule has 0 saturated carbocycles. The molecule has 1 aromatic heterocycles. The third-order valence-electron chi connectivity index (χ3n) is 5.57. The van der Waals surface area contributed by atoms with Crippen LogP contribution in [0, 0.1) is 0 Å². The van der Waals surface area contributed by atoms with Crippen molar-refractivity contribution in [3.63, 3.8) is 0 Å². The summed E-state index contributed by atoms with van der Waals surface area (Å²) in [6, 6.07) is 29.3. The van der Waals surface area contributed by atoms with E-state index in [0.29, 0.717) is 10.3 Å². The van der Waals surface area contributed by atoms with Gasteiger partial charge in [0.1, 0.15) is 0 Å². The van der Waals surface area contributed by atoms with E-state index in [-0.39, 0.29) is 5.04 Å². The number of benzene rings is 3. The molecule has 3 nitrogen and oxygen atoms in total. The quantitative estimate of drug-likeness (QED) is 0.373. The van der Waals surface area contributed by atoms with Crippen LogP contribution in [0.25, 0.3) is 11.0 Å². The minimum atomic E-state index is -2.68. The van der Waals surface area contributed by atoms with E-state index < -0.39 is 8.32 Å². The second kappa shape index (κ2) is 8.61. The zero-order chi connectivity index (χ0) is 22.1. The molecule has 0 aliphatic carbocycles. The van der Waals surface area contributed by atoms with Gasteiger partial charge in [0.05, 0.1) is 0 Å². The summed E-state index contributed by atoms with van der Waals surface area (Å²) in [6.07, 6.45) is 0. The van der Waals surface area contributed by atoms with Crippen molar-refractivity contribution in [1.29, 1.82) is 0 Å². The number of rotatable bonds is 6. The number of methoxy groups -OCH3 is 1. The van der Waals surface area contributed by atoms with Crippen LogP contribution in [0.3, 0.4) is 0 Å². The summed E-state index contributed by atoms with van der Waals surface area (Å²) in [6.45, 7) is 6.82. The molecule has 0 bridgehead atoms. The van der Waals surface area contributed by atoms with Crippen molar-refractivity contribution >= 4 is 34.2 Å². The van der Waals surface area contributed by atoms with Gasteiger partial charge in [-0.3, -0.25) is 0 Å². The summed E-state index contributed by atoms with van der Waals surface area (Å²) in [5.41, 5.74) is 0.773. The molecular weight excluding hydrogens is 440 g/mol. The van der Waals surface area contributed by atoms with Crippen molar-refractivity contribution < 1.29 is 29.4 Å². The maximum atomic E-state index is 7.08. The van der Waals surface area contributed by atoms with Gasteiger partial charge in [-0.1, -0.05) is 0 Å². The van der Waals surface area contributed by atoms with E-state index in [1.165, 1.54) is 10.4 Å². The predicted molar refractivity (Wildman–Crippen MR) is 126 cm³/mol. The fraction of sp³-hybridized carbons (Fsp3) is 0.192. The Kier molecular flexibility index (Phi) is 6.05. The molecule has 158 valence electrons. The molecular formula is C26H26CrO3Si. The van der Waals surface area contributed by atoms with Crippen LogP contribution in [0.4, 0.5) is 0 Å². The molecule has 0 unspecified atom stereocenters. The normalized spacial score (nSPS) is 12.1. The van der Waals surface area contributed by atoms with Crippen LogP contribution >= 0.6 is 0 Å². The zero-order valence-corrected chi connectivity index (χ0v) is 20.5. The molecule has 0 radical (unpaired) electrons. The Morgan fingerprint density at radius 2 is 1.42 bits per heavy atom. The SMILES string of the molecule is CO[C](=[Cr])c1cc2ccc(O[Si](c3ccccc3)(c3ccccc3)C(C)(C)C)cc2o1. The molecule has 0 saturated heterocycles. The Hall–Kier alpha value is -2.42. The molecule has 3 aromatic carbocycles. The second-order valence-electron chi connectivity index (χ2n) is 8.57. The van der Waals surface area contributed by atoms with Crippen LogP contribution in [0.15, 0.2) is 89.3 Å². The number of fused-ring (bicyclic) bond motifs is 1. The first-order chi connectivity index (χ1) is 14.8. The number of ether oxygens (including phenoxy) is 1. The van der Waals surface area contributed by atoms with Gasteiger partial charge < -0.3 is 0 Å². The molecule has 31 heavy (non-hydrogen) atoms. The summed E-state index contributed by atoms with van der Waals surface area (Å²) in [4.78, 5) is 0. The maximum absolute atomic E-state index is 7.08. The van der Waals surface area contributed by atoms with E-state index in [4.69, 9.17) is 13.6 Å². The van der Waals surface area contributed by atoms with E-state index in [2.05, 4.69) is 97.3 Å². The molecule has 0 N–H and O–H groups in total. The topological polar surface area (TPSA) is 31.6 Å². The Morgan fingerprint density at radius 1 is 0.839 bits per heavy atom. The van der Waals surface area contributed by atoms with Crippen LogP contribution < -0.4 is 14.8 Å². The Labute approximate surface area is 192 Å². The van der Waals surface area contributed by atoms with Crippen LogP contribution in [0.2, 0.25) is 5.04 Å². The minimum absolute atomic E-state index is 0.103. The monoisotopic (exact) mass is 466 g/mol. The van der Waals surface area contributed by atoms with Gasteiger partial charge >= 0.3 is 193 Å². The average Bonchev–Trinajstić information content (AvgIpc) is 3.20. The molecule has 4 aromatic rings. The third kappa shape index (κ3) is 4.07. The first-order valence-corrected chi connectivity index (χ1v) is 12.8. The van der Waals surface area contributed by atoms with Crippen molar-refractivity contribution in [3.05, 3.63) is 90.7 Å². The molecule has 0 atom stereocenters. The molecule has 5 heteroatoms. The predicted octanol–water partition coefficient (Wildman–Crippen LogP) is 5.04. The number of furan rings is 1. The molecule has 0 aliphatic rings. The van der Waals surface area contributed by atoms with E-state index in [1.807, 2.05) is 24.3 Å². The van der Waals surface area contributed by atoms with Gasteiger partial charge in [0.2, 0.25) is 0 Å². The van der Waals surface area contributed by atoms with Crippen molar-refractivity contribution in [2.75, 3.05) is 7.11 Å². The van der Waals surface area contributed by atoms with Crippen molar-refractivity contribution in [3.8, 4) is 5.75 Å². The summed E-state index contributed by atoms with van der Waals surface area (Å²) in [5.74, 6) is 1.49. The Balaban J connectivity index is 1.88. The Bertz CT molecular complexity index is 1150. The van der Waals surface area contributed by atoms with Crippen LogP contribution in [-0.2, 0) is 20.6 Å². The van der Waals surface area contributed by atoms with Crippen molar-refractivity contribution in [2.24, 2.45) is 0 Å². The van der Waals surface area contributed by atoms with E-state index in [1.54, 1.807) is 7.11 Å². The van der Waals surface area contributed by atoms with Gasteiger partial charge in [0.25, 0.3) is 0 Å².